The Bertz CT molecular complexity index is 226. The number of carbonyl (C=O) groups excluding carboxylic acids is 1. The van der Waals surface area contributed by atoms with Crippen LogP contribution in [0.4, 0.5) is 0 Å². The van der Waals surface area contributed by atoms with Gasteiger partial charge in [-0.05, 0) is 32.9 Å². The van der Waals surface area contributed by atoms with E-state index in [1.54, 1.807) is 0 Å². The Morgan fingerprint density at radius 2 is 2.13 bits per heavy atom. The second kappa shape index (κ2) is 4.74. The van der Waals surface area contributed by atoms with Crippen LogP contribution in [0.15, 0.2) is 0 Å². The molecule has 1 aliphatic rings. The molecule has 0 aromatic heterocycles. The van der Waals surface area contributed by atoms with Crippen molar-refractivity contribution < 1.29 is 4.79 Å². The number of rotatable bonds is 5. The summed E-state index contributed by atoms with van der Waals surface area (Å²) in [5.41, 5.74) is 5.38. The van der Waals surface area contributed by atoms with Gasteiger partial charge in [-0.15, -0.1) is 0 Å². The summed E-state index contributed by atoms with van der Waals surface area (Å²) in [5.74, 6) is 0.0721. The van der Waals surface area contributed by atoms with Crippen molar-refractivity contribution in [1.29, 1.82) is 0 Å². The molecule has 0 atom stereocenters. The first-order valence-electron chi connectivity index (χ1n) is 5.48. The molecule has 4 heteroatoms. The molecule has 88 valence electrons. The Hall–Kier alpha value is -0.220. The molecule has 1 rings (SSSR count). The normalized spacial score (nSPS) is 19.5. The van der Waals surface area contributed by atoms with Gasteiger partial charge in [0.25, 0.3) is 0 Å². The second-order valence-electron chi connectivity index (χ2n) is 5.18. The molecule has 0 saturated heterocycles. The van der Waals surface area contributed by atoms with Gasteiger partial charge in [0.05, 0.1) is 0 Å². The molecule has 0 spiro atoms. The van der Waals surface area contributed by atoms with Gasteiger partial charge in [0, 0.05) is 23.3 Å². The van der Waals surface area contributed by atoms with Gasteiger partial charge in [0.2, 0.25) is 5.91 Å². The van der Waals surface area contributed by atoms with Crippen LogP contribution in [-0.2, 0) is 4.79 Å². The number of nitrogens with two attached hydrogens (primary N) is 1. The number of amides is 1. The highest BCUT2D eigenvalue weighted by Gasteiger charge is 2.36. The number of nitrogens with one attached hydrogen (secondary N) is 1. The third kappa shape index (κ3) is 4.03. The van der Waals surface area contributed by atoms with Gasteiger partial charge >= 0.3 is 0 Å². The van der Waals surface area contributed by atoms with Crippen molar-refractivity contribution in [3.05, 3.63) is 0 Å². The van der Waals surface area contributed by atoms with E-state index in [9.17, 15) is 4.79 Å². The highest BCUT2D eigenvalue weighted by atomic mass is 32.2. The predicted molar refractivity (Wildman–Crippen MR) is 66.0 cm³/mol. The molecular weight excluding hydrogens is 208 g/mol. The summed E-state index contributed by atoms with van der Waals surface area (Å²) in [7, 11) is 0. The maximum absolute atomic E-state index is 11.6. The van der Waals surface area contributed by atoms with Crippen LogP contribution < -0.4 is 11.1 Å². The van der Waals surface area contributed by atoms with Gasteiger partial charge in [-0.25, -0.2) is 0 Å². The Balaban J connectivity index is 2.27. The van der Waals surface area contributed by atoms with Crippen molar-refractivity contribution in [2.45, 2.75) is 49.8 Å². The van der Waals surface area contributed by atoms with Gasteiger partial charge in [0.1, 0.15) is 0 Å². The first kappa shape index (κ1) is 12.8. The molecule has 1 amide bonds. The highest BCUT2D eigenvalue weighted by molar-refractivity contribution is 8.00. The summed E-state index contributed by atoms with van der Waals surface area (Å²) in [5, 5.41) is 2.99. The third-order valence-corrected chi connectivity index (χ3v) is 4.34. The average Bonchev–Trinajstić information content (AvgIpc) is 1.99. The van der Waals surface area contributed by atoms with E-state index < -0.39 is 5.54 Å². The molecule has 0 bridgehead atoms. The molecule has 1 aliphatic carbocycles. The Kier molecular flexibility index (Phi) is 4.06. The van der Waals surface area contributed by atoms with E-state index in [1.165, 1.54) is 19.3 Å². The SMILES string of the molecule is CSC1(CNC(=O)CC(C)(C)N)CCC1. The molecule has 0 aliphatic heterocycles. The summed E-state index contributed by atoms with van der Waals surface area (Å²) in [6, 6.07) is 0. The monoisotopic (exact) mass is 230 g/mol. The van der Waals surface area contributed by atoms with Crippen molar-refractivity contribution in [1.82, 2.24) is 5.32 Å². The average molecular weight is 230 g/mol. The Morgan fingerprint density at radius 1 is 1.53 bits per heavy atom. The minimum atomic E-state index is -0.407. The fourth-order valence-electron chi connectivity index (χ4n) is 1.76. The number of hydrogen-bond donors (Lipinski definition) is 2. The summed E-state index contributed by atoms with van der Waals surface area (Å²) in [6.07, 6.45) is 6.26. The van der Waals surface area contributed by atoms with E-state index in [0.29, 0.717) is 11.2 Å². The quantitative estimate of drug-likeness (QED) is 0.753. The summed E-state index contributed by atoms with van der Waals surface area (Å²) >= 11 is 1.87. The van der Waals surface area contributed by atoms with Crippen LogP contribution in [0.1, 0.15) is 39.5 Å². The molecular formula is C11H22N2OS. The topological polar surface area (TPSA) is 55.1 Å². The van der Waals surface area contributed by atoms with Crippen LogP contribution in [0.5, 0.6) is 0 Å². The van der Waals surface area contributed by atoms with E-state index in [0.717, 1.165) is 6.54 Å². The van der Waals surface area contributed by atoms with Crippen LogP contribution in [0.25, 0.3) is 0 Å². The van der Waals surface area contributed by atoms with Gasteiger partial charge < -0.3 is 11.1 Å². The molecule has 3 nitrogen and oxygen atoms in total. The largest absolute Gasteiger partial charge is 0.355 e. The van der Waals surface area contributed by atoms with Gasteiger partial charge in [-0.1, -0.05) is 6.42 Å². The van der Waals surface area contributed by atoms with Gasteiger partial charge in [-0.3, -0.25) is 4.79 Å². The fraction of sp³-hybridized carbons (Fsp3) is 0.909. The zero-order chi connectivity index (χ0) is 11.5. The predicted octanol–water partition coefficient (Wildman–Crippen LogP) is 1.52. The first-order chi connectivity index (χ1) is 6.87. The second-order valence-corrected chi connectivity index (χ2v) is 6.46. The van der Waals surface area contributed by atoms with Gasteiger partial charge in [-0.2, -0.15) is 11.8 Å². The minimum Gasteiger partial charge on any atom is -0.355 e. The zero-order valence-electron chi connectivity index (χ0n) is 9.93. The van der Waals surface area contributed by atoms with Gasteiger partial charge in [0.15, 0.2) is 0 Å². The lowest BCUT2D eigenvalue weighted by Gasteiger charge is -2.40. The van der Waals surface area contributed by atoms with Crippen molar-refractivity contribution in [3.63, 3.8) is 0 Å². The van der Waals surface area contributed by atoms with E-state index in [1.807, 2.05) is 25.6 Å². The number of thioether (sulfide) groups is 1. The van der Waals surface area contributed by atoms with Crippen molar-refractivity contribution in [3.8, 4) is 0 Å². The van der Waals surface area contributed by atoms with Crippen LogP contribution >= 0.6 is 11.8 Å². The molecule has 0 aromatic rings. The minimum absolute atomic E-state index is 0.0721. The summed E-state index contributed by atoms with van der Waals surface area (Å²) in [6.45, 7) is 4.55. The lowest BCUT2D eigenvalue weighted by atomic mass is 9.84. The Morgan fingerprint density at radius 3 is 2.47 bits per heavy atom. The van der Waals surface area contributed by atoms with E-state index in [4.69, 9.17) is 5.73 Å². The third-order valence-electron chi connectivity index (χ3n) is 2.92. The zero-order valence-corrected chi connectivity index (χ0v) is 10.7. The van der Waals surface area contributed by atoms with E-state index in [2.05, 4.69) is 11.6 Å². The van der Waals surface area contributed by atoms with E-state index in [-0.39, 0.29) is 5.91 Å². The lowest BCUT2D eigenvalue weighted by molar-refractivity contribution is -0.122. The molecule has 3 N–H and O–H groups in total. The fourth-order valence-corrected chi connectivity index (χ4v) is 2.67. The molecule has 0 radical (unpaired) electrons. The lowest BCUT2D eigenvalue weighted by Crippen LogP contribution is -2.47. The maximum Gasteiger partial charge on any atom is 0.221 e. The maximum atomic E-state index is 11.6. The smallest absolute Gasteiger partial charge is 0.221 e. The number of carbonyl (C=O) groups is 1. The summed E-state index contributed by atoms with van der Waals surface area (Å²) < 4.78 is 0.314. The molecule has 0 aromatic carbocycles. The standard InChI is InChI=1S/C11H22N2OS/c1-10(2,12)7-9(14)13-8-11(15-3)5-4-6-11/h4-8,12H2,1-3H3,(H,13,14). The van der Waals surface area contributed by atoms with Crippen LogP contribution in [0.3, 0.4) is 0 Å². The van der Waals surface area contributed by atoms with E-state index >= 15 is 0 Å². The van der Waals surface area contributed by atoms with Crippen molar-refractivity contribution in [2.24, 2.45) is 5.73 Å². The Labute approximate surface area is 96.6 Å². The molecule has 1 saturated carbocycles. The summed E-state index contributed by atoms with van der Waals surface area (Å²) in [4.78, 5) is 11.6. The molecule has 0 unspecified atom stereocenters. The van der Waals surface area contributed by atoms with Crippen molar-refractivity contribution in [2.75, 3.05) is 12.8 Å². The molecule has 15 heavy (non-hydrogen) atoms. The van der Waals surface area contributed by atoms with Crippen LogP contribution in [-0.4, -0.2) is 29.0 Å². The number of hydrogen-bond acceptors (Lipinski definition) is 3. The molecule has 0 heterocycles. The van der Waals surface area contributed by atoms with Crippen molar-refractivity contribution >= 4 is 17.7 Å². The highest BCUT2D eigenvalue weighted by Crippen LogP contribution is 2.42. The van der Waals surface area contributed by atoms with Crippen LogP contribution in [0.2, 0.25) is 0 Å². The molecule has 1 fully saturated rings. The first-order valence-corrected chi connectivity index (χ1v) is 6.70. The van der Waals surface area contributed by atoms with Crippen LogP contribution in [0, 0.1) is 0 Å².